The maximum atomic E-state index is 12.7. The van der Waals surface area contributed by atoms with Gasteiger partial charge in [0.15, 0.2) is 17.2 Å². The van der Waals surface area contributed by atoms with Crippen LogP contribution in [0.3, 0.4) is 0 Å². The van der Waals surface area contributed by atoms with Crippen LogP contribution in [0, 0.1) is 0 Å². The van der Waals surface area contributed by atoms with E-state index < -0.39 is 0 Å². The summed E-state index contributed by atoms with van der Waals surface area (Å²) in [4.78, 5) is 31.9. The Labute approximate surface area is 278 Å². The molecule has 0 N–H and O–H groups in total. The Balaban J connectivity index is 1.17. The summed E-state index contributed by atoms with van der Waals surface area (Å²) in [5.74, 6) is 2.03. The zero-order valence-electron chi connectivity index (χ0n) is 25.9. The molecule has 0 spiro atoms. The van der Waals surface area contributed by atoms with E-state index in [0.29, 0.717) is 28.6 Å². The minimum Gasteiger partial charge on any atom is -0.423 e. The molecule has 10 rings (SSSR count). The van der Waals surface area contributed by atoms with Crippen LogP contribution < -0.4 is 5.56 Å². The van der Waals surface area contributed by atoms with Crippen molar-refractivity contribution in [2.45, 2.75) is 0 Å². The molecule has 0 aliphatic rings. The van der Waals surface area contributed by atoms with Crippen LogP contribution in [0.5, 0.6) is 0 Å². The zero-order valence-corrected chi connectivity index (χ0v) is 25.9. The van der Waals surface area contributed by atoms with E-state index in [1.165, 1.54) is 0 Å². The third-order valence-electron chi connectivity index (χ3n) is 9.06. The van der Waals surface area contributed by atoms with Gasteiger partial charge in [-0.15, -0.1) is 0 Å². The molecule has 0 aliphatic carbocycles. The van der Waals surface area contributed by atoms with Crippen molar-refractivity contribution >= 4 is 49.7 Å². The van der Waals surface area contributed by atoms with Gasteiger partial charge in [0.2, 0.25) is 5.95 Å². The van der Waals surface area contributed by atoms with E-state index in [9.17, 15) is 4.79 Å². The number of hydrogen-bond donors (Lipinski definition) is 0. The van der Waals surface area contributed by atoms with Crippen molar-refractivity contribution in [3.63, 3.8) is 0 Å². The summed E-state index contributed by atoms with van der Waals surface area (Å²) in [7, 11) is 0. The molecule has 4 heterocycles. The second-order valence-corrected chi connectivity index (χ2v) is 11.9. The molecule has 230 valence electrons. The Bertz CT molecular complexity index is 2910. The number of oxazole rings is 1. The quantitative estimate of drug-likeness (QED) is 0.193. The van der Waals surface area contributed by atoms with E-state index in [-0.39, 0.29) is 11.4 Å². The van der Waals surface area contributed by atoms with Crippen LogP contribution in [-0.4, -0.2) is 28.9 Å². The van der Waals surface area contributed by atoms with Gasteiger partial charge in [0, 0.05) is 21.9 Å². The van der Waals surface area contributed by atoms with Crippen LogP contribution in [0.15, 0.2) is 155 Å². The van der Waals surface area contributed by atoms with Crippen LogP contribution in [0.1, 0.15) is 0 Å². The van der Waals surface area contributed by atoms with Crippen LogP contribution in [0.25, 0.3) is 89.5 Å². The van der Waals surface area contributed by atoms with Gasteiger partial charge in [-0.3, -0.25) is 13.8 Å². The number of rotatable bonds is 4. The summed E-state index contributed by atoms with van der Waals surface area (Å²) in [5, 5.41) is 2.71. The summed E-state index contributed by atoms with van der Waals surface area (Å²) in [5.41, 5.74) is 7.77. The Morgan fingerprint density at radius 1 is 0.449 bits per heavy atom. The smallest absolute Gasteiger partial charge is 0.310 e. The molecule has 8 nitrogen and oxygen atoms in total. The fourth-order valence-corrected chi connectivity index (χ4v) is 6.77. The third-order valence-corrected chi connectivity index (χ3v) is 9.06. The van der Waals surface area contributed by atoms with E-state index in [1.807, 2.05) is 101 Å². The monoisotopic (exact) mass is 632 g/mol. The highest BCUT2D eigenvalue weighted by atomic mass is 16.4. The molecular weight excluding hydrogens is 608 g/mol. The number of aromatic nitrogens is 6. The fourth-order valence-electron chi connectivity index (χ4n) is 6.77. The number of nitrogens with zero attached hydrogens (tertiary/aromatic N) is 6. The Morgan fingerprint density at radius 3 is 1.73 bits per heavy atom. The van der Waals surface area contributed by atoms with E-state index in [2.05, 4.69) is 52.0 Å². The highest BCUT2D eigenvalue weighted by Gasteiger charge is 2.19. The van der Waals surface area contributed by atoms with Gasteiger partial charge < -0.3 is 4.42 Å². The summed E-state index contributed by atoms with van der Waals surface area (Å²) in [6.45, 7) is 0. The van der Waals surface area contributed by atoms with Crippen LogP contribution in [-0.2, 0) is 0 Å². The van der Waals surface area contributed by atoms with Gasteiger partial charge in [0.1, 0.15) is 0 Å². The zero-order chi connectivity index (χ0) is 32.5. The SMILES string of the molecule is O=c1nc2oc3cc(-c4ccc5c(c4)c4ccccc4n5-c4nc(-c5ccccc5)nc(-c5ccccc5)n4)ccc3n2c2ccccc12. The first-order valence-corrected chi connectivity index (χ1v) is 15.9. The van der Waals surface area contributed by atoms with Crippen molar-refractivity contribution in [3.8, 4) is 39.9 Å². The molecule has 0 amide bonds. The van der Waals surface area contributed by atoms with Crippen LogP contribution in [0.2, 0.25) is 0 Å². The number of benzene rings is 6. The first kappa shape index (κ1) is 27.2. The minimum absolute atomic E-state index is 0.275. The van der Waals surface area contributed by atoms with E-state index in [4.69, 9.17) is 19.4 Å². The first-order chi connectivity index (χ1) is 24.2. The standard InChI is InChI=1S/C41H24N6O2/c48-39-30-16-8-10-18-33(30)47-35-22-20-28(24-36(35)49-41(47)45-39)27-19-21-34-31(23-27)29-15-7-9-17-32(29)46(34)40-43-37(25-11-3-1-4-12-25)42-38(44-40)26-13-5-2-6-14-26/h1-24H. The Morgan fingerprint density at radius 2 is 1.02 bits per heavy atom. The molecule has 4 aromatic heterocycles. The summed E-state index contributed by atoms with van der Waals surface area (Å²) < 4.78 is 10.2. The van der Waals surface area contributed by atoms with Crippen molar-refractivity contribution in [1.82, 2.24) is 28.9 Å². The number of hydrogen-bond acceptors (Lipinski definition) is 6. The molecule has 8 heteroatoms. The van der Waals surface area contributed by atoms with Crippen molar-refractivity contribution in [2.24, 2.45) is 0 Å². The van der Waals surface area contributed by atoms with Crippen molar-refractivity contribution in [1.29, 1.82) is 0 Å². The molecule has 0 saturated heterocycles. The molecule has 0 unspecified atom stereocenters. The van der Waals surface area contributed by atoms with E-state index in [1.54, 1.807) is 6.07 Å². The summed E-state index contributed by atoms with van der Waals surface area (Å²) in [6, 6.07) is 48.3. The molecule has 0 fully saturated rings. The van der Waals surface area contributed by atoms with Gasteiger partial charge in [0.05, 0.1) is 27.5 Å². The first-order valence-electron chi connectivity index (χ1n) is 15.9. The van der Waals surface area contributed by atoms with Crippen molar-refractivity contribution in [3.05, 3.63) is 156 Å². The molecule has 6 aromatic carbocycles. The van der Waals surface area contributed by atoms with Gasteiger partial charge in [0.25, 0.3) is 5.56 Å². The Kier molecular flexibility index (Phi) is 5.86. The molecule has 0 saturated carbocycles. The average molecular weight is 633 g/mol. The van der Waals surface area contributed by atoms with E-state index in [0.717, 1.165) is 55.1 Å². The molecule has 0 bridgehead atoms. The second-order valence-electron chi connectivity index (χ2n) is 11.9. The van der Waals surface area contributed by atoms with Crippen LogP contribution >= 0.6 is 0 Å². The lowest BCUT2D eigenvalue weighted by Gasteiger charge is -2.11. The predicted molar refractivity (Wildman–Crippen MR) is 193 cm³/mol. The maximum Gasteiger partial charge on any atom is 0.310 e. The van der Waals surface area contributed by atoms with Crippen LogP contribution in [0.4, 0.5) is 0 Å². The van der Waals surface area contributed by atoms with Gasteiger partial charge in [-0.1, -0.05) is 103 Å². The average Bonchev–Trinajstić information content (AvgIpc) is 3.70. The maximum absolute atomic E-state index is 12.7. The topological polar surface area (TPSA) is 91.1 Å². The lowest BCUT2D eigenvalue weighted by molar-refractivity contribution is 0.636. The second kappa shape index (κ2) is 10.5. The summed E-state index contributed by atoms with van der Waals surface area (Å²) in [6.07, 6.45) is 0. The molecule has 10 aromatic rings. The fraction of sp³-hybridized carbons (Fsp3) is 0. The van der Waals surface area contributed by atoms with Gasteiger partial charge in [-0.25, -0.2) is 4.98 Å². The van der Waals surface area contributed by atoms with Gasteiger partial charge in [-0.05, 0) is 53.6 Å². The summed E-state index contributed by atoms with van der Waals surface area (Å²) >= 11 is 0. The van der Waals surface area contributed by atoms with Gasteiger partial charge in [-0.2, -0.15) is 15.0 Å². The predicted octanol–water partition coefficient (Wildman–Crippen LogP) is 8.88. The normalized spacial score (nSPS) is 11.8. The highest BCUT2D eigenvalue weighted by molar-refractivity contribution is 6.10. The third kappa shape index (κ3) is 4.28. The lowest BCUT2D eigenvalue weighted by Crippen LogP contribution is -2.08. The largest absolute Gasteiger partial charge is 0.423 e. The molecular formula is C41H24N6O2. The number of fused-ring (bicyclic) bond motifs is 8. The minimum atomic E-state index is -0.304. The lowest BCUT2D eigenvalue weighted by atomic mass is 10.0. The highest BCUT2D eigenvalue weighted by Crippen LogP contribution is 2.36. The van der Waals surface area contributed by atoms with Crippen molar-refractivity contribution < 1.29 is 4.42 Å². The molecule has 0 aliphatic heterocycles. The van der Waals surface area contributed by atoms with Gasteiger partial charge >= 0.3 is 5.84 Å². The number of para-hydroxylation sites is 2. The van der Waals surface area contributed by atoms with Crippen molar-refractivity contribution in [2.75, 3.05) is 0 Å². The van der Waals surface area contributed by atoms with E-state index >= 15 is 0 Å². The molecule has 0 atom stereocenters. The Hall–Kier alpha value is -6.93. The molecule has 0 radical (unpaired) electrons. The molecule has 49 heavy (non-hydrogen) atoms.